The minimum atomic E-state index is -0.436. The lowest BCUT2D eigenvalue weighted by atomic mass is 9.91. The molecule has 5 nitrogen and oxygen atoms in total. The molecule has 1 aliphatic carbocycles. The predicted octanol–water partition coefficient (Wildman–Crippen LogP) is 1.04. The van der Waals surface area contributed by atoms with Gasteiger partial charge in [-0.15, -0.1) is 0 Å². The highest BCUT2D eigenvalue weighted by molar-refractivity contribution is 5.92. The molecular formula is C13H19N3O2. The Labute approximate surface area is 107 Å². The number of hydrogen-bond acceptors (Lipinski definition) is 4. The van der Waals surface area contributed by atoms with E-state index in [1.807, 2.05) is 0 Å². The van der Waals surface area contributed by atoms with Crippen molar-refractivity contribution in [3.05, 3.63) is 23.9 Å². The summed E-state index contributed by atoms with van der Waals surface area (Å²) >= 11 is 0. The van der Waals surface area contributed by atoms with Gasteiger partial charge in [0.05, 0.1) is 12.1 Å². The number of nitrogens with zero attached hydrogens (tertiary/aromatic N) is 2. The van der Waals surface area contributed by atoms with E-state index in [9.17, 15) is 9.90 Å². The highest BCUT2D eigenvalue weighted by Gasteiger charge is 2.30. The van der Waals surface area contributed by atoms with E-state index in [1.54, 1.807) is 30.1 Å². The van der Waals surface area contributed by atoms with Gasteiger partial charge in [-0.05, 0) is 25.0 Å². The second-order valence-corrected chi connectivity index (χ2v) is 4.78. The molecule has 1 aromatic heterocycles. The molecule has 0 aromatic carbocycles. The topological polar surface area (TPSA) is 79.5 Å². The van der Waals surface area contributed by atoms with Gasteiger partial charge >= 0.3 is 0 Å². The molecule has 0 bridgehead atoms. The van der Waals surface area contributed by atoms with Crippen LogP contribution in [-0.2, 0) is 0 Å². The van der Waals surface area contributed by atoms with Gasteiger partial charge in [0.1, 0.15) is 11.5 Å². The number of nitrogen functional groups attached to an aromatic ring is 1. The molecule has 0 saturated heterocycles. The first kappa shape index (κ1) is 12.8. The molecule has 1 saturated carbocycles. The number of rotatable bonds is 2. The van der Waals surface area contributed by atoms with E-state index in [-0.39, 0.29) is 11.9 Å². The van der Waals surface area contributed by atoms with Crippen LogP contribution in [0.1, 0.15) is 36.2 Å². The maximum absolute atomic E-state index is 12.2. The van der Waals surface area contributed by atoms with Crippen LogP contribution in [0.2, 0.25) is 0 Å². The van der Waals surface area contributed by atoms with Crippen molar-refractivity contribution in [1.29, 1.82) is 0 Å². The van der Waals surface area contributed by atoms with Gasteiger partial charge in [0.2, 0.25) is 0 Å². The van der Waals surface area contributed by atoms with Crippen LogP contribution in [0.3, 0.4) is 0 Å². The van der Waals surface area contributed by atoms with E-state index < -0.39 is 6.10 Å². The molecule has 1 aromatic rings. The van der Waals surface area contributed by atoms with Crippen LogP contribution in [0.15, 0.2) is 18.2 Å². The van der Waals surface area contributed by atoms with Crippen molar-refractivity contribution >= 4 is 11.7 Å². The summed E-state index contributed by atoms with van der Waals surface area (Å²) in [4.78, 5) is 17.8. The fraction of sp³-hybridized carbons (Fsp3) is 0.538. The van der Waals surface area contributed by atoms with Crippen LogP contribution in [0.5, 0.6) is 0 Å². The molecule has 1 aliphatic rings. The number of nitrogens with two attached hydrogens (primary N) is 1. The zero-order chi connectivity index (χ0) is 13.1. The van der Waals surface area contributed by atoms with E-state index in [2.05, 4.69) is 4.98 Å². The minimum Gasteiger partial charge on any atom is -0.391 e. The van der Waals surface area contributed by atoms with Gasteiger partial charge in [0.25, 0.3) is 5.91 Å². The minimum absolute atomic E-state index is 0.116. The molecule has 0 radical (unpaired) electrons. The lowest BCUT2D eigenvalue weighted by Crippen LogP contribution is -2.46. The highest BCUT2D eigenvalue weighted by atomic mass is 16.3. The van der Waals surface area contributed by atoms with Crippen molar-refractivity contribution in [1.82, 2.24) is 9.88 Å². The van der Waals surface area contributed by atoms with Crippen LogP contribution >= 0.6 is 0 Å². The lowest BCUT2D eigenvalue weighted by molar-refractivity contribution is 0.0264. The quantitative estimate of drug-likeness (QED) is 0.820. The van der Waals surface area contributed by atoms with Crippen molar-refractivity contribution in [2.45, 2.75) is 37.8 Å². The zero-order valence-electron chi connectivity index (χ0n) is 10.5. The van der Waals surface area contributed by atoms with Crippen molar-refractivity contribution in [2.75, 3.05) is 12.8 Å². The number of pyridine rings is 1. The number of aliphatic hydroxyl groups excluding tert-OH is 1. The normalized spacial score (nSPS) is 23.7. The number of amides is 1. The van der Waals surface area contributed by atoms with Gasteiger partial charge in [-0.2, -0.15) is 0 Å². The van der Waals surface area contributed by atoms with Crippen LogP contribution in [-0.4, -0.2) is 40.1 Å². The van der Waals surface area contributed by atoms with Crippen molar-refractivity contribution in [2.24, 2.45) is 0 Å². The van der Waals surface area contributed by atoms with E-state index in [0.717, 1.165) is 25.7 Å². The van der Waals surface area contributed by atoms with Crippen LogP contribution in [0.4, 0.5) is 5.82 Å². The van der Waals surface area contributed by atoms with E-state index in [1.165, 1.54) is 0 Å². The van der Waals surface area contributed by atoms with Crippen LogP contribution < -0.4 is 5.73 Å². The Balaban J connectivity index is 2.13. The maximum atomic E-state index is 12.2. The number of carbonyl (C=O) groups is 1. The molecule has 2 unspecified atom stereocenters. The summed E-state index contributed by atoms with van der Waals surface area (Å²) in [5, 5.41) is 9.95. The second-order valence-electron chi connectivity index (χ2n) is 4.78. The fourth-order valence-corrected chi connectivity index (χ4v) is 2.45. The lowest BCUT2D eigenvalue weighted by Gasteiger charge is -2.35. The molecule has 18 heavy (non-hydrogen) atoms. The number of aromatic nitrogens is 1. The number of anilines is 1. The summed E-state index contributed by atoms with van der Waals surface area (Å²) in [5.41, 5.74) is 5.90. The van der Waals surface area contributed by atoms with Gasteiger partial charge in [-0.3, -0.25) is 4.79 Å². The van der Waals surface area contributed by atoms with Crippen LogP contribution in [0, 0.1) is 0 Å². The molecule has 1 amide bonds. The van der Waals surface area contributed by atoms with Gasteiger partial charge in [-0.1, -0.05) is 18.9 Å². The van der Waals surface area contributed by atoms with Gasteiger partial charge in [-0.25, -0.2) is 4.98 Å². The fourth-order valence-electron chi connectivity index (χ4n) is 2.45. The van der Waals surface area contributed by atoms with Gasteiger partial charge < -0.3 is 15.7 Å². The molecular weight excluding hydrogens is 230 g/mol. The monoisotopic (exact) mass is 249 g/mol. The zero-order valence-corrected chi connectivity index (χ0v) is 10.5. The third-order valence-electron chi connectivity index (χ3n) is 3.50. The van der Waals surface area contributed by atoms with Gasteiger partial charge in [0.15, 0.2) is 0 Å². The summed E-state index contributed by atoms with van der Waals surface area (Å²) in [5.74, 6) is 0.145. The third kappa shape index (κ3) is 2.61. The average Bonchev–Trinajstić information content (AvgIpc) is 2.37. The Hall–Kier alpha value is -1.62. The van der Waals surface area contributed by atoms with E-state index in [4.69, 9.17) is 5.73 Å². The van der Waals surface area contributed by atoms with Crippen molar-refractivity contribution in [3.63, 3.8) is 0 Å². The van der Waals surface area contributed by atoms with E-state index >= 15 is 0 Å². The Bertz CT molecular complexity index is 436. The molecule has 1 fully saturated rings. The molecule has 2 atom stereocenters. The van der Waals surface area contributed by atoms with Gasteiger partial charge in [0, 0.05) is 7.05 Å². The molecule has 1 heterocycles. The molecule has 0 spiro atoms. The summed E-state index contributed by atoms with van der Waals surface area (Å²) in [6.07, 6.45) is 3.23. The van der Waals surface area contributed by atoms with Crippen molar-refractivity contribution in [3.8, 4) is 0 Å². The third-order valence-corrected chi connectivity index (χ3v) is 3.50. The first-order valence-corrected chi connectivity index (χ1v) is 6.27. The molecule has 3 N–H and O–H groups in total. The number of aliphatic hydroxyl groups is 1. The smallest absolute Gasteiger partial charge is 0.272 e. The predicted molar refractivity (Wildman–Crippen MR) is 69.0 cm³/mol. The molecule has 98 valence electrons. The first-order valence-electron chi connectivity index (χ1n) is 6.27. The van der Waals surface area contributed by atoms with Crippen molar-refractivity contribution < 1.29 is 9.90 Å². The number of carbonyl (C=O) groups excluding carboxylic acids is 1. The standard InChI is InChI=1S/C13H19N3O2/c1-16(10-6-2-3-7-11(10)17)13(18)9-5-4-8-12(14)15-9/h4-5,8,10-11,17H,2-3,6-7H2,1H3,(H2,14,15). The number of likely N-dealkylation sites (N-methyl/N-ethyl adjacent to an activating group) is 1. The highest BCUT2D eigenvalue weighted by Crippen LogP contribution is 2.23. The largest absolute Gasteiger partial charge is 0.391 e. The SMILES string of the molecule is CN(C(=O)c1cccc(N)n1)C1CCCCC1O. The molecule has 5 heteroatoms. The Morgan fingerprint density at radius 1 is 1.44 bits per heavy atom. The Kier molecular flexibility index (Phi) is 3.81. The summed E-state index contributed by atoms with van der Waals surface area (Å²) in [6, 6.07) is 4.88. The summed E-state index contributed by atoms with van der Waals surface area (Å²) in [7, 11) is 1.71. The number of hydrogen-bond donors (Lipinski definition) is 2. The van der Waals surface area contributed by atoms with Crippen LogP contribution in [0.25, 0.3) is 0 Å². The molecule has 2 rings (SSSR count). The first-order chi connectivity index (χ1) is 8.59. The summed E-state index contributed by atoms with van der Waals surface area (Å²) in [6.45, 7) is 0. The Morgan fingerprint density at radius 3 is 2.83 bits per heavy atom. The molecule has 0 aliphatic heterocycles. The van der Waals surface area contributed by atoms with E-state index in [0.29, 0.717) is 11.5 Å². The average molecular weight is 249 g/mol. The maximum Gasteiger partial charge on any atom is 0.272 e. The summed E-state index contributed by atoms with van der Waals surface area (Å²) < 4.78 is 0. The second kappa shape index (κ2) is 5.35. The Morgan fingerprint density at radius 2 is 2.17 bits per heavy atom.